The van der Waals surface area contributed by atoms with Crippen LogP contribution >= 0.6 is 0 Å². The van der Waals surface area contributed by atoms with Gasteiger partial charge in [-0.1, -0.05) is 6.58 Å². The number of carbonyl (C=O) groups is 1. The van der Waals surface area contributed by atoms with E-state index in [1.165, 1.54) is 11.6 Å². The Balaban J connectivity index is 1.48. The van der Waals surface area contributed by atoms with Crippen molar-refractivity contribution in [2.75, 3.05) is 37.7 Å². The van der Waals surface area contributed by atoms with E-state index in [9.17, 15) is 4.79 Å². The van der Waals surface area contributed by atoms with Gasteiger partial charge in [0.15, 0.2) is 0 Å². The molecule has 2 aromatic heterocycles. The van der Waals surface area contributed by atoms with E-state index in [1.54, 1.807) is 6.33 Å². The maximum absolute atomic E-state index is 12.2. The molecule has 142 valence electrons. The summed E-state index contributed by atoms with van der Waals surface area (Å²) in [5, 5.41) is 1.14. The molecule has 0 aliphatic carbocycles. The molecule has 5 rings (SSSR count). The predicted octanol–water partition coefficient (Wildman–Crippen LogP) is 2.07. The maximum Gasteiger partial charge on any atom is 0.246 e. The number of aromatic nitrogens is 3. The van der Waals surface area contributed by atoms with Crippen LogP contribution in [0.2, 0.25) is 0 Å². The molecule has 0 spiro atoms. The normalized spacial score (nSPS) is 25.9. The number of carbonyl (C=O) groups excluding carboxylic acids is 1. The topological polar surface area (TPSA) is 74.4 Å². The number of hydrogen-bond acceptors (Lipinski definition) is 5. The highest BCUT2D eigenvalue weighted by Crippen LogP contribution is 2.39. The molecule has 2 aromatic rings. The Labute approximate surface area is 158 Å². The van der Waals surface area contributed by atoms with Crippen molar-refractivity contribution < 1.29 is 9.53 Å². The van der Waals surface area contributed by atoms with Gasteiger partial charge in [-0.15, -0.1) is 0 Å². The highest BCUT2D eigenvalue weighted by atomic mass is 16.5. The predicted molar refractivity (Wildman–Crippen MR) is 103 cm³/mol. The van der Waals surface area contributed by atoms with Crippen LogP contribution in [0.25, 0.3) is 11.0 Å². The van der Waals surface area contributed by atoms with Crippen molar-refractivity contribution in [2.45, 2.75) is 31.2 Å². The van der Waals surface area contributed by atoms with E-state index in [0.717, 1.165) is 69.0 Å². The molecule has 1 amide bonds. The standard InChI is InChI=1S/C20H25N5O2/c1-2-17(26)25-6-3-14-10-24(11-16(14)25)20-18-15(13-4-7-27-8-5-13)9-21-19(18)22-12-23-20/h2,9,12-14,16H,1,3-8,10-11H2,(H,21,22,23)/t14-,16+/m1/s1. The van der Waals surface area contributed by atoms with Crippen LogP contribution in [-0.2, 0) is 9.53 Å². The lowest BCUT2D eigenvalue weighted by Gasteiger charge is -2.26. The molecule has 3 saturated heterocycles. The molecule has 0 aromatic carbocycles. The summed E-state index contributed by atoms with van der Waals surface area (Å²) in [6, 6.07) is 0.256. The zero-order chi connectivity index (χ0) is 18.4. The van der Waals surface area contributed by atoms with Crippen molar-refractivity contribution in [3.8, 4) is 0 Å². The number of aromatic amines is 1. The third-order valence-corrected chi connectivity index (χ3v) is 6.45. The van der Waals surface area contributed by atoms with Crippen molar-refractivity contribution in [1.82, 2.24) is 19.9 Å². The van der Waals surface area contributed by atoms with Crippen molar-refractivity contribution in [3.05, 3.63) is 30.7 Å². The number of likely N-dealkylation sites (tertiary alicyclic amines) is 1. The van der Waals surface area contributed by atoms with E-state index >= 15 is 0 Å². The maximum atomic E-state index is 12.2. The van der Waals surface area contributed by atoms with Gasteiger partial charge in [-0.05, 0) is 36.8 Å². The van der Waals surface area contributed by atoms with Gasteiger partial charge in [0.2, 0.25) is 5.91 Å². The molecule has 27 heavy (non-hydrogen) atoms. The zero-order valence-corrected chi connectivity index (χ0v) is 15.4. The molecule has 1 N–H and O–H groups in total. The molecular weight excluding hydrogens is 342 g/mol. The fourth-order valence-corrected chi connectivity index (χ4v) is 5.07. The van der Waals surface area contributed by atoms with Gasteiger partial charge in [-0.25, -0.2) is 9.97 Å². The molecule has 3 aliphatic rings. The first-order valence-corrected chi connectivity index (χ1v) is 9.84. The van der Waals surface area contributed by atoms with Gasteiger partial charge in [0, 0.05) is 45.0 Å². The average Bonchev–Trinajstić information content (AvgIpc) is 3.41. The molecule has 3 fully saturated rings. The fourth-order valence-electron chi connectivity index (χ4n) is 5.07. The minimum absolute atomic E-state index is 0.0433. The van der Waals surface area contributed by atoms with Crippen molar-refractivity contribution in [2.24, 2.45) is 5.92 Å². The number of fused-ring (bicyclic) bond motifs is 2. The molecule has 0 radical (unpaired) electrons. The average molecular weight is 367 g/mol. The molecule has 0 bridgehead atoms. The summed E-state index contributed by atoms with van der Waals surface area (Å²) < 4.78 is 5.54. The fraction of sp³-hybridized carbons (Fsp3) is 0.550. The van der Waals surface area contributed by atoms with Crippen LogP contribution in [-0.4, -0.2) is 64.6 Å². The summed E-state index contributed by atoms with van der Waals surface area (Å²) in [5.74, 6) is 2.03. The van der Waals surface area contributed by atoms with Gasteiger partial charge < -0.3 is 19.5 Å². The van der Waals surface area contributed by atoms with Crippen LogP contribution in [0.15, 0.2) is 25.2 Å². The second-order valence-electron chi connectivity index (χ2n) is 7.81. The monoisotopic (exact) mass is 367 g/mol. The van der Waals surface area contributed by atoms with E-state index in [4.69, 9.17) is 4.74 Å². The largest absolute Gasteiger partial charge is 0.381 e. The molecule has 0 saturated carbocycles. The number of nitrogens with zero attached hydrogens (tertiary/aromatic N) is 4. The summed E-state index contributed by atoms with van der Waals surface area (Å²) in [6.45, 7) is 7.89. The van der Waals surface area contributed by atoms with Gasteiger partial charge in [0.1, 0.15) is 17.8 Å². The van der Waals surface area contributed by atoms with E-state index < -0.39 is 0 Å². The van der Waals surface area contributed by atoms with Crippen molar-refractivity contribution in [1.29, 1.82) is 0 Å². The van der Waals surface area contributed by atoms with E-state index in [2.05, 4.69) is 32.6 Å². The van der Waals surface area contributed by atoms with Gasteiger partial charge in [-0.3, -0.25) is 4.79 Å². The van der Waals surface area contributed by atoms with E-state index in [-0.39, 0.29) is 11.9 Å². The molecular formula is C20H25N5O2. The van der Waals surface area contributed by atoms with Crippen molar-refractivity contribution >= 4 is 22.8 Å². The van der Waals surface area contributed by atoms with Crippen LogP contribution in [0.3, 0.4) is 0 Å². The summed E-state index contributed by atoms with van der Waals surface area (Å²) in [4.78, 5) is 29.0. The highest BCUT2D eigenvalue weighted by Gasteiger charge is 2.43. The Kier molecular flexibility index (Phi) is 4.11. The Morgan fingerprint density at radius 1 is 1.26 bits per heavy atom. The Bertz CT molecular complexity index is 872. The molecule has 7 heteroatoms. The lowest BCUT2D eigenvalue weighted by Crippen LogP contribution is -2.38. The number of rotatable bonds is 3. The van der Waals surface area contributed by atoms with Crippen molar-refractivity contribution in [3.63, 3.8) is 0 Å². The second-order valence-corrected chi connectivity index (χ2v) is 7.81. The Morgan fingerprint density at radius 3 is 2.93 bits per heavy atom. The van der Waals surface area contributed by atoms with Crippen LogP contribution in [0.5, 0.6) is 0 Å². The minimum atomic E-state index is 0.0433. The number of amides is 1. The van der Waals surface area contributed by atoms with Gasteiger partial charge in [-0.2, -0.15) is 0 Å². The van der Waals surface area contributed by atoms with Gasteiger partial charge in [0.25, 0.3) is 0 Å². The highest BCUT2D eigenvalue weighted by molar-refractivity contribution is 5.92. The summed E-state index contributed by atoms with van der Waals surface area (Å²) in [5.41, 5.74) is 2.21. The molecule has 2 atom stereocenters. The lowest BCUT2D eigenvalue weighted by molar-refractivity contribution is -0.126. The number of hydrogen-bond donors (Lipinski definition) is 1. The molecule has 3 aliphatic heterocycles. The first-order valence-electron chi connectivity index (χ1n) is 9.84. The second kappa shape index (κ2) is 6.64. The lowest BCUT2D eigenvalue weighted by atomic mass is 9.92. The summed E-state index contributed by atoms with van der Waals surface area (Å²) in [7, 11) is 0. The summed E-state index contributed by atoms with van der Waals surface area (Å²) in [6.07, 6.45) is 8.30. The Morgan fingerprint density at radius 2 is 2.11 bits per heavy atom. The SMILES string of the molecule is C=CC(=O)N1CC[C@@H]2CN(c3ncnc4[nH]cc(C5CCOCC5)c34)C[C@@H]21. The quantitative estimate of drug-likeness (QED) is 0.841. The first kappa shape index (κ1) is 16.7. The van der Waals surface area contributed by atoms with Crippen LogP contribution in [0.1, 0.15) is 30.7 Å². The molecule has 0 unspecified atom stereocenters. The Hall–Kier alpha value is -2.41. The van der Waals surface area contributed by atoms with Gasteiger partial charge in [0.05, 0.1) is 11.4 Å². The third-order valence-electron chi connectivity index (χ3n) is 6.45. The number of anilines is 1. The van der Waals surface area contributed by atoms with E-state index in [0.29, 0.717) is 11.8 Å². The number of nitrogens with one attached hydrogen (secondary N) is 1. The van der Waals surface area contributed by atoms with Crippen LogP contribution < -0.4 is 4.90 Å². The summed E-state index contributed by atoms with van der Waals surface area (Å²) >= 11 is 0. The van der Waals surface area contributed by atoms with Crippen LogP contribution in [0.4, 0.5) is 5.82 Å². The zero-order valence-electron chi connectivity index (χ0n) is 15.4. The number of H-pyrrole nitrogens is 1. The third kappa shape index (κ3) is 2.72. The first-order chi connectivity index (χ1) is 13.3. The minimum Gasteiger partial charge on any atom is -0.381 e. The number of ether oxygens (including phenoxy) is 1. The van der Waals surface area contributed by atoms with Crippen LogP contribution in [0, 0.1) is 5.92 Å². The van der Waals surface area contributed by atoms with E-state index in [1.807, 2.05) is 4.90 Å². The molecule has 5 heterocycles. The molecule has 7 nitrogen and oxygen atoms in total. The van der Waals surface area contributed by atoms with Gasteiger partial charge >= 0.3 is 0 Å². The smallest absolute Gasteiger partial charge is 0.246 e.